The zero-order chi connectivity index (χ0) is 24.1. The van der Waals surface area contributed by atoms with Gasteiger partial charge in [0.2, 0.25) is 0 Å². The molecule has 1 aliphatic heterocycles. The van der Waals surface area contributed by atoms with Crippen LogP contribution in [0.4, 0.5) is 5.69 Å². The summed E-state index contributed by atoms with van der Waals surface area (Å²) in [6.07, 6.45) is 0. The molecule has 0 amide bonds. The zero-order valence-corrected chi connectivity index (χ0v) is 19.0. The number of fused-ring (bicyclic) bond motifs is 1. The largest absolute Gasteiger partial charge is 0.497 e. The van der Waals surface area contributed by atoms with Crippen LogP contribution >= 0.6 is 0 Å². The van der Waals surface area contributed by atoms with Crippen molar-refractivity contribution in [3.63, 3.8) is 0 Å². The first-order chi connectivity index (χ1) is 16.4. The van der Waals surface area contributed by atoms with Crippen molar-refractivity contribution < 1.29 is 37.0 Å². The van der Waals surface area contributed by atoms with Gasteiger partial charge in [0.15, 0.2) is 23.9 Å². The van der Waals surface area contributed by atoms with Gasteiger partial charge >= 0.3 is 5.97 Å². The third-order valence-electron chi connectivity index (χ3n) is 4.94. The topological polar surface area (TPSA) is 117 Å². The fourth-order valence-corrected chi connectivity index (χ4v) is 4.23. The summed E-state index contributed by atoms with van der Waals surface area (Å²) in [7, 11) is -2.37. The summed E-state index contributed by atoms with van der Waals surface area (Å²) in [4.78, 5) is 24.5. The van der Waals surface area contributed by atoms with Crippen molar-refractivity contribution in [1.29, 1.82) is 0 Å². The molecule has 10 heteroatoms. The number of methoxy groups -OCH3 is 1. The van der Waals surface area contributed by atoms with E-state index in [2.05, 4.69) is 4.72 Å². The molecule has 0 radical (unpaired) electrons. The molecular formula is C24H21NO8S. The number of hydrogen-bond donors (Lipinski definition) is 1. The van der Waals surface area contributed by atoms with Gasteiger partial charge in [0.1, 0.15) is 19.0 Å². The fourth-order valence-electron chi connectivity index (χ4n) is 3.15. The van der Waals surface area contributed by atoms with E-state index in [-0.39, 0.29) is 21.9 Å². The number of hydrogen-bond acceptors (Lipinski definition) is 8. The monoisotopic (exact) mass is 483 g/mol. The number of sulfonamides is 1. The molecule has 9 nitrogen and oxygen atoms in total. The lowest BCUT2D eigenvalue weighted by molar-refractivity contribution is 0.0475. The van der Waals surface area contributed by atoms with E-state index in [0.29, 0.717) is 36.0 Å². The Hall–Kier alpha value is -4.05. The summed E-state index contributed by atoms with van der Waals surface area (Å²) >= 11 is 0. The molecule has 4 rings (SSSR count). The number of carbonyl (C=O) groups is 2. The molecule has 3 aromatic rings. The highest BCUT2D eigenvalue weighted by Crippen LogP contribution is 2.32. The van der Waals surface area contributed by atoms with Crippen LogP contribution in [-0.4, -0.2) is 47.1 Å². The number of ketones is 1. The molecule has 1 heterocycles. The molecule has 0 atom stereocenters. The highest BCUT2D eigenvalue weighted by Gasteiger charge is 2.20. The van der Waals surface area contributed by atoms with Crippen LogP contribution < -0.4 is 18.9 Å². The van der Waals surface area contributed by atoms with Crippen LogP contribution in [0.1, 0.15) is 20.7 Å². The number of carbonyl (C=O) groups excluding carboxylic acids is 2. The second-order valence-electron chi connectivity index (χ2n) is 7.22. The van der Waals surface area contributed by atoms with E-state index >= 15 is 0 Å². The van der Waals surface area contributed by atoms with Crippen LogP contribution in [0.3, 0.4) is 0 Å². The van der Waals surface area contributed by atoms with Crippen molar-refractivity contribution in [3.05, 3.63) is 77.9 Å². The van der Waals surface area contributed by atoms with Crippen LogP contribution in [-0.2, 0) is 14.8 Å². The Balaban J connectivity index is 1.36. The Morgan fingerprint density at radius 2 is 1.53 bits per heavy atom. The van der Waals surface area contributed by atoms with Crippen molar-refractivity contribution >= 4 is 27.5 Å². The third kappa shape index (κ3) is 5.29. The molecule has 0 saturated carbocycles. The van der Waals surface area contributed by atoms with Gasteiger partial charge in [-0.25, -0.2) is 13.2 Å². The predicted molar refractivity (Wildman–Crippen MR) is 122 cm³/mol. The Kier molecular flexibility index (Phi) is 6.69. The van der Waals surface area contributed by atoms with Crippen LogP contribution in [0.5, 0.6) is 17.2 Å². The average molecular weight is 483 g/mol. The number of esters is 1. The molecule has 0 unspecified atom stereocenters. The zero-order valence-electron chi connectivity index (χ0n) is 18.1. The van der Waals surface area contributed by atoms with E-state index in [1.165, 1.54) is 49.6 Å². The number of rotatable bonds is 8. The number of nitrogens with one attached hydrogen (secondary N) is 1. The van der Waals surface area contributed by atoms with Crippen molar-refractivity contribution in [2.75, 3.05) is 31.7 Å². The standard InChI is InChI=1S/C24H21NO8S/c1-30-19-8-4-16(5-9-19)21(26)15-33-24(27)17-2-6-18(7-3-17)25-34(28,29)20-10-11-22-23(14-20)32-13-12-31-22/h2-11,14,25H,12-13,15H2,1H3. The predicted octanol–water partition coefficient (Wildman–Crippen LogP) is 3.31. The molecule has 0 aliphatic carbocycles. The maximum atomic E-state index is 12.7. The summed E-state index contributed by atoms with van der Waals surface area (Å²) in [6.45, 7) is 0.318. The number of anilines is 1. The summed E-state index contributed by atoms with van der Waals surface area (Å²) in [6, 6.07) is 16.5. The first-order valence-corrected chi connectivity index (χ1v) is 11.7. The van der Waals surface area contributed by atoms with Crippen LogP contribution in [0.15, 0.2) is 71.6 Å². The number of Topliss-reactive ketones (excluding diaryl/α,β-unsaturated/α-hetero) is 1. The van der Waals surface area contributed by atoms with E-state index < -0.39 is 22.6 Å². The SMILES string of the molecule is COc1ccc(C(=O)COC(=O)c2ccc(NS(=O)(=O)c3ccc4c(c3)OCCO4)cc2)cc1. The minimum Gasteiger partial charge on any atom is -0.497 e. The third-order valence-corrected chi connectivity index (χ3v) is 6.32. The summed E-state index contributed by atoms with van der Waals surface area (Å²) in [5.41, 5.74) is 0.808. The molecule has 3 aromatic carbocycles. The van der Waals surface area contributed by atoms with E-state index in [1.54, 1.807) is 24.3 Å². The van der Waals surface area contributed by atoms with E-state index in [9.17, 15) is 18.0 Å². The molecule has 34 heavy (non-hydrogen) atoms. The summed E-state index contributed by atoms with van der Waals surface area (Å²) in [5, 5.41) is 0. The van der Waals surface area contributed by atoms with Crippen molar-refractivity contribution in [1.82, 2.24) is 0 Å². The van der Waals surface area contributed by atoms with Crippen LogP contribution in [0.25, 0.3) is 0 Å². The Morgan fingerprint density at radius 3 is 2.21 bits per heavy atom. The molecular weight excluding hydrogens is 462 g/mol. The average Bonchev–Trinajstić information content (AvgIpc) is 2.87. The van der Waals surface area contributed by atoms with Crippen LogP contribution in [0.2, 0.25) is 0 Å². The number of benzene rings is 3. The molecule has 176 valence electrons. The fraction of sp³-hybridized carbons (Fsp3) is 0.167. The van der Waals surface area contributed by atoms with Crippen LogP contribution in [0, 0.1) is 0 Å². The highest BCUT2D eigenvalue weighted by molar-refractivity contribution is 7.92. The van der Waals surface area contributed by atoms with Crippen molar-refractivity contribution in [2.45, 2.75) is 4.90 Å². The lowest BCUT2D eigenvalue weighted by Gasteiger charge is -2.19. The first kappa shape index (κ1) is 23.1. The summed E-state index contributed by atoms with van der Waals surface area (Å²) in [5.74, 6) is 0.385. The van der Waals surface area contributed by atoms with Gasteiger partial charge in [0.25, 0.3) is 10.0 Å². The van der Waals surface area contributed by atoms with Gasteiger partial charge in [-0.05, 0) is 60.7 Å². The highest BCUT2D eigenvalue weighted by atomic mass is 32.2. The van der Waals surface area contributed by atoms with Gasteiger partial charge in [-0.2, -0.15) is 0 Å². The van der Waals surface area contributed by atoms with E-state index in [0.717, 1.165) is 0 Å². The van der Waals surface area contributed by atoms with E-state index in [1.807, 2.05) is 0 Å². The molecule has 0 spiro atoms. The van der Waals surface area contributed by atoms with Gasteiger partial charge in [-0.3, -0.25) is 9.52 Å². The maximum Gasteiger partial charge on any atom is 0.338 e. The second-order valence-corrected chi connectivity index (χ2v) is 8.90. The second kappa shape index (κ2) is 9.84. The van der Waals surface area contributed by atoms with E-state index in [4.69, 9.17) is 18.9 Å². The smallest absolute Gasteiger partial charge is 0.338 e. The Morgan fingerprint density at radius 1 is 0.882 bits per heavy atom. The molecule has 0 fully saturated rings. The quantitative estimate of drug-likeness (QED) is 0.383. The maximum absolute atomic E-state index is 12.7. The van der Waals surface area contributed by atoms with Gasteiger partial charge in [-0.15, -0.1) is 0 Å². The van der Waals surface area contributed by atoms with Gasteiger partial charge < -0.3 is 18.9 Å². The lowest BCUT2D eigenvalue weighted by Crippen LogP contribution is -2.17. The Bertz CT molecular complexity index is 1300. The Labute approximate surface area is 196 Å². The molecule has 0 aromatic heterocycles. The van der Waals surface area contributed by atoms with Crippen molar-refractivity contribution in [3.8, 4) is 17.2 Å². The van der Waals surface area contributed by atoms with Gasteiger partial charge in [0.05, 0.1) is 17.6 Å². The minimum atomic E-state index is -3.89. The summed E-state index contributed by atoms with van der Waals surface area (Å²) < 4.78 is 48.8. The molecule has 0 saturated heterocycles. The lowest BCUT2D eigenvalue weighted by atomic mass is 10.1. The number of ether oxygens (including phenoxy) is 4. The van der Waals surface area contributed by atoms with Gasteiger partial charge in [0, 0.05) is 17.3 Å². The first-order valence-electron chi connectivity index (χ1n) is 10.2. The van der Waals surface area contributed by atoms with Gasteiger partial charge in [-0.1, -0.05) is 0 Å². The molecule has 1 aliphatic rings. The molecule has 1 N–H and O–H groups in total. The van der Waals surface area contributed by atoms with Crippen molar-refractivity contribution in [2.24, 2.45) is 0 Å². The normalized spacial score (nSPS) is 12.5. The molecule has 0 bridgehead atoms. The minimum absolute atomic E-state index is 0.0114.